The number of aliphatic hydroxyl groups is 1. The van der Waals surface area contributed by atoms with Crippen LogP contribution in [-0.4, -0.2) is 42.1 Å². The molecule has 13 heavy (non-hydrogen) atoms. The number of carbonyl (C=O) groups is 1. The van der Waals surface area contributed by atoms with Crippen LogP contribution >= 0.6 is 12.6 Å². The fraction of sp³-hybridized carbons (Fsp3) is 0.875. The number of hydrogen-bond donors (Lipinski definition) is 3. The Hall–Kier alpha value is -0.260. The zero-order chi connectivity index (χ0) is 9.90. The van der Waals surface area contributed by atoms with Gasteiger partial charge in [0, 0.05) is 33.1 Å². The van der Waals surface area contributed by atoms with E-state index < -0.39 is 10.9 Å². The molecule has 4 nitrogen and oxygen atoms in total. The third kappa shape index (κ3) is 2.36. The van der Waals surface area contributed by atoms with Crippen LogP contribution in [0.15, 0.2) is 0 Å². The fourth-order valence-corrected chi connectivity index (χ4v) is 1.77. The Morgan fingerprint density at radius 1 is 1.62 bits per heavy atom. The molecule has 0 aromatic carbocycles. The van der Waals surface area contributed by atoms with Gasteiger partial charge in [-0.3, -0.25) is 4.79 Å². The normalized spacial score (nSPS) is 23.6. The van der Waals surface area contributed by atoms with E-state index in [1.165, 1.54) is 7.05 Å². The van der Waals surface area contributed by atoms with Gasteiger partial charge in [-0.25, -0.2) is 0 Å². The molecule has 0 bridgehead atoms. The minimum atomic E-state index is -1.01. The van der Waals surface area contributed by atoms with E-state index in [0.29, 0.717) is 26.1 Å². The van der Waals surface area contributed by atoms with Crippen LogP contribution in [0.2, 0.25) is 0 Å². The zero-order valence-corrected chi connectivity index (χ0v) is 8.51. The van der Waals surface area contributed by atoms with Crippen molar-refractivity contribution in [1.29, 1.82) is 0 Å². The molecule has 1 amide bonds. The van der Waals surface area contributed by atoms with Crippen molar-refractivity contribution in [1.82, 2.24) is 5.32 Å². The first-order valence-electron chi connectivity index (χ1n) is 4.30. The summed E-state index contributed by atoms with van der Waals surface area (Å²) in [7, 11) is 1.54. The molecule has 0 saturated carbocycles. The highest BCUT2D eigenvalue weighted by Crippen LogP contribution is 2.27. The standard InChI is InChI=1S/C8H15NO3S/c1-9-7(10)6(13)8(11)2-4-12-5-3-8/h6,11,13H,2-5H2,1H3,(H,9,10). The van der Waals surface area contributed by atoms with Crippen LogP contribution in [0, 0.1) is 0 Å². The lowest BCUT2D eigenvalue weighted by atomic mass is 9.90. The maximum Gasteiger partial charge on any atom is 0.235 e. The number of thiol groups is 1. The van der Waals surface area contributed by atoms with Crippen LogP contribution in [0.4, 0.5) is 0 Å². The summed E-state index contributed by atoms with van der Waals surface area (Å²) in [5, 5.41) is 11.8. The molecular weight excluding hydrogens is 190 g/mol. The van der Waals surface area contributed by atoms with Crippen molar-refractivity contribution in [3.05, 3.63) is 0 Å². The van der Waals surface area contributed by atoms with Crippen LogP contribution in [-0.2, 0) is 9.53 Å². The van der Waals surface area contributed by atoms with E-state index in [-0.39, 0.29) is 5.91 Å². The molecule has 0 radical (unpaired) electrons. The number of hydrogen-bond acceptors (Lipinski definition) is 4. The Bertz CT molecular complexity index is 192. The van der Waals surface area contributed by atoms with Gasteiger partial charge in [0.1, 0.15) is 5.25 Å². The minimum Gasteiger partial charge on any atom is -0.388 e. The summed E-state index contributed by atoms with van der Waals surface area (Å²) < 4.78 is 5.10. The second-order valence-electron chi connectivity index (χ2n) is 3.23. The van der Waals surface area contributed by atoms with Crippen LogP contribution in [0.3, 0.4) is 0 Å². The Morgan fingerprint density at radius 3 is 2.62 bits per heavy atom. The lowest BCUT2D eigenvalue weighted by Gasteiger charge is -2.35. The average Bonchev–Trinajstić information content (AvgIpc) is 2.16. The molecule has 1 unspecified atom stereocenters. The van der Waals surface area contributed by atoms with Crippen LogP contribution < -0.4 is 5.32 Å². The van der Waals surface area contributed by atoms with E-state index in [1.54, 1.807) is 0 Å². The van der Waals surface area contributed by atoms with E-state index in [2.05, 4.69) is 17.9 Å². The molecule has 1 fully saturated rings. The van der Waals surface area contributed by atoms with Crippen LogP contribution in [0.25, 0.3) is 0 Å². The van der Waals surface area contributed by atoms with Crippen molar-refractivity contribution in [2.24, 2.45) is 0 Å². The molecule has 0 aliphatic carbocycles. The lowest BCUT2D eigenvalue weighted by Crippen LogP contribution is -2.50. The van der Waals surface area contributed by atoms with Gasteiger partial charge in [0.05, 0.1) is 5.60 Å². The Balaban J connectivity index is 2.61. The molecule has 1 heterocycles. The van der Waals surface area contributed by atoms with Crippen molar-refractivity contribution in [2.75, 3.05) is 20.3 Å². The Kier molecular flexibility index (Phi) is 3.58. The predicted octanol–water partition coefficient (Wildman–Crippen LogP) is -0.428. The van der Waals surface area contributed by atoms with Crippen molar-refractivity contribution in [2.45, 2.75) is 23.7 Å². The van der Waals surface area contributed by atoms with E-state index in [0.717, 1.165) is 0 Å². The topological polar surface area (TPSA) is 58.6 Å². The molecule has 0 spiro atoms. The molecule has 1 rings (SSSR count). The van der Waals surface area contributed by atoms with Gasteiger partial charge in [0.2, 0.25) is 5.91 Å². The lowest BCUT2D eigenvalue weighted by molar-refractivity contribution is -0.128. The third-order valence-electron chi connectivity index (χ3n) is 2.36. The molecular formula is C8H15NO3S. The smallest absolute Gasteiger partial charge is 0.235 e. The second kappa shape index (κ2) is 4.30. The predicted molar refractivity (Wildman–Crippen MR) is 51.8 cm³/mol. The van der Waals surface area contributed by atoms with Crippen molar-refractivity contribution in [3.8, 4) is 0 Å². The number of amides is 1. The summed E-state index contributed by atoms with van der Waals surface area (Å²) in [6.45, 7) is 0.981. The third-order valence-corrected chi connectivity index (χ3v) is 3.08. The highest BCUT2D eigenvalue weighted by Gasteiger charge is 2.40. The molecule has 1 atom stereocenters. The van der Waals surface area contributed by atoms with Gasteiger partial charge < -0.3 is 15.2 Å². The SMILES string of the molecule is CNC(=O)C(S)C1(O)CCOCC1. The molecule has 0 aromatic heterocycles. The molecule has 5 heteroatoms. The summed E-state index contributed by atoms with van der Waals surface area (Å²) in [5.41, 5.74) is -1.01. The summed E-state index contributed by atoms with van der Waals surface area (Å²) in [6, 6.07) is 0. The number of carbonyl (C=O) groups excluding carboxylic acids is 1. The number of nitrogens with one attached hydrogen (secondary N) is 1. The van der Waals surface area contributed by atoms with Crippen molar-refractivity contribution < 1.29 is 14.6 Å². The van der Waals surface area contributed by atoms with Gasteiger partial charge in [-0.1, -0.05) is 0 Å². The van der Waals surface area contributed by atoms with E-state index in [4.69, 9.17) is 4.74 Å². The van der Waals surface area contributed by atoms with Gasteiger partial charge in [0.15, 0.2) is 0 Å². The quantitative estimate of drug-likeness (QED) is 0.536. The summed E-state index contributed by atoms with van der Waals surface area (Å²) in [5.74, 6) is -0.243. The maximum absolute atomic E-state index is 11.2. The molecule has 2 N–H and O–H groups in total. The molecule has 1 saturated heterocycles. The largest absolute Gasteiger partial charge is 0.388 e. The highest BCUT2D eigenvalue weighted by atomic mass is 32.1. The molecule has 0 aromatic rings. The second-order valence-corrected chi connectivity index (χ2v) is 3.75. The zero-order valence-electron chi connectivity index (χ0n) is 7.62. The molecule has 1 aliphatic rings. The van der Waals surface area contributed by atoms with Crippen LogP contribution in [0.1, 0.15) is 12.8 Å². The fourth-order valence-electron chi connectivity index (χ4n) is 1.38. The summed E-state index contributed by atoms with van der Waals surface area (Å²) in [4.78, 5) is 11.2. The van der Waals surface area contributed by atoms with Crippen molar-refractivity contribution >= 4 is 18.5 Å². The van der Waals surface area contributed by atoms with Crippen molar-refractivity contribution in [3.63, 3.8) is 0 Å². The minimum absolute atomic E-state index is 0.243. The number of rotatable bonds is 2. The van der Waals surface area contributed by atoms with E-state index in [1.807, 2.05) is 0 Å². The first-order chi connectivity index (χ1) is 6.10. The van der Waals surface area contributed by atoms with Gasteiger partial charge in [-0.05, 0) is 0 Å². The van der Waals surface area contributed by atoms with Gasteiger partial charge in [-0.15, -0.1) is 0 Å². The Morgan fingerprint density at radius 2 is 2.15 bits per heavy atom. The van der Waals surface area contributed by atoms with Gasteiger partial charge in [0.25, 0.3) is 0 Å². The maximum atomic E-state index is 11.2. The summed E-state index contributed by atoms with van der Waals surface area (Å²) >= 11 is 4.12. The van der Waals surface area contributed by atoms with E-state index >= 15 is 0 Å². The highest BCUT2D eigenvalue weighted by molar-refractivity contribution is 7.81. The number of ether oxygens (including phenoxy) is 1. The van der Waals surface area contributed by atoms with Crippen LogP contribution in [0.5, 0.6) is 0 Å². The van der Waals surface area contributed by atoms with Gasteiger partial charge in [-0.2, -0.15) is 12.6 Å². The first kappa shape index (κ1) is 10.8. The van der Waals surface area contributed by atoms with E-state index in [9.17, 15) is 9.90 Å². The summed E-state index contributed by atoms with van der Waals surface area (Å²) in [6.07, 6.45) is 0.934. The monoisotopic (exact) mass is 205 g/mol. The molecule has 76 valence electrons. The first-order valence-corrected chi connectivity index (χ1v) is 4.81. The Labute approximate surface area is 83.1 Å². The van der Waals surface area contributed by atoms with Gasteiger partial charge >= 0.3 is 0 Å². The molecule has 1 aliphatic heterocycles. The average molecular weight is 205 g/mol.